The van der Waals surface area contributed by atoms with Crippen molar-refractivity contribution < 1.29 is 0 Å². The van der Waals surface area contributed by atoms with Crippen LogP contribution in [0.5, 0.6) is 0 Å². The van der Waals surface area contributed by atoms with Gasteiger partial charge in [0, 0.05) is 32.0 Å². The van der Waals surface area contributed by atoms with Gasteiger partial charge in [-0.25, -0.2) is 4.98 Å². The smallest absolute Gasteiger partial charge is 0.191 e. The average Bonchev–Trinajstić information content (AvgIpc) is 2.97. The summed E-state index contributed by atoms with van der Waals surface area (Å²) in [5.74, 6) is 0.806. The Morgan fingerprint density at radius 3 is 2.80 bits per heavy atom. The second-order valence-corrected chi connectivity index (χ2v) is 4.82. The van der Waals surface area contributed by atoms with Gasteiger partial charge >= 0.3 is 0 Å². The number of nitrogens with zero attached hydrogens (tertiary/aromatic N) is 3. The van der Waals surface area contributed by atoms with E-state index in [4.69, 9.17) is 0 Å². The predicted molar refractivity (Wildman–Crippen MR) is 82.0 cm³/mol. The number of aromatic nitrogens is 2. The molecule has 2 rings (SSSR count). The maximum atomic E-state index is 4.21. The first-order valence-corrected chi connectivity index (χ1v) is 6.74. The third-order valence-electron chi connectivity index (χ3n) is 2.87. The van der Waals surface area contributed by atoms with Gasteiger partial charge in [-0.2, -0.15) is 0 Å². The molecule has 0 fully saturated rings. The van der Waals surface area contributed by atoms with Gasteiger partial charge in [0.25, 0.3) is 0 Å². The molecule has 1 aromatic heterocycles. The summed E-state index contributed by atoms with van der Waals surface area (Å²) in [6, 6.07) is 8.60. The van der Waals surface area contributed by atoms with E-state index >= 15 is 0 Å². The second-order valence-electron chi connectivity index (χ2n) is 4.82. The van der Waals surface area contributed by atoms with Gasteiger partial charge in [-0.15, -0.1) is 0 Å². The zero-order valence-corrected chi connectivity index (χ0v) is 12.2. The summed E-state index contributed by atoms with van der Waals surface area (Å²) in [5.41, 5.74) is 2.31. The molecule has 2 aromatic rings. The molecule has 20 heavy (non-hydrogen) atoms. The van der Waals surface area contributed by atoms with E-state index in [1.807, 2.05) is 22.9 Å². The fourth-order valence-electron chi connectivity index (χ4n) is 1.96. The molecule has 106 valence electrons. The van der Waals surface area contributed by atoms with Gasteiger partial charge in [-0.05, 0) is 25.5 Å². The third-order valence-corrected chi connectivity index (χ3v) is 2.87. The summed E-state index contributed by atoms with van der Waals surface area (Å²) in [4.78, 5) is 8.31. The maximum absolute atomic E-state index is 4.21. The first kappa shape index (κ1) is 14.1. The van der Waals surface area contributed by atoms with E-state index in [1.54, 1.807) is 19.6 Å². The summed E-state index contributed by atoms with van der Waals surface area (Å²) in [6.45, 7) is 4.89. The lowest BCUT2D eigenvalue weighted by Crippen LogP contribution is -2.40. The van der Waals surface area contributed by atoms with Crippen molar-refractivity contribution in [2.75, 3.05) is 7.05 Å². The van der Waals surface area contributed by atoms with Gasteiger partial charge in [-0.3, -0.25) is 4.99 Å². The Morgan fingerprint density at radius 1 is 1.35 bits per heavy atom. The largest absolute Gasteiger partial charge is 0.354 e. The molecular weight excluding hydrogens is 250 g/mol. The van der Waals surface area contributed by atoms with Crippen molar-refractivity contribution in [2.24, 2.45) is 4.99 Å². The molecule has 0 aliphatic rings. The first-order valence-electron chi connectivity index (χ1n) is 6.74. The standard InChI is InChI=1S/C15H21N5/c1-12(2)19-15(16-3)18-10-13-6-4-5-7-14(13)20-9-8-17-11-20/h4-9,11-12H,10H2,1-3H3,(H2,16,18,19). The lowest BCUT2D eigenvalue weighted by atomic mass is 10.1. The highest BCUT2D eigenvalue weighted by Gasteiger charge is 2.05. The minimum absolute atomic E-state index is 0.352. The molecule has 0 aliphatic carbocycles. The SMILES string of the molecule is CN=C(NCc1ccccc1-n1ccnc1)NC(C)C. The van der Waals surface area contributed by atoms with Gasteiger partial charge in [0.2, 0.25) is 0 Å². The molecule has 0 unspecified atom stereocenters. The molecule has 0 saturated heterocycles. The van der Waals surface area contributed by atoms with Crippen molar-refractivity contribution in [3.63, 3.8) is 0 Å². The number of guanidine groups is 1. The van der Waals surface area contributed by atoms with E-state index < -0.39 is 0 Å². The summed E-state index contributed by atoms with van der Waals surface area (Å²) in [5, 5.41) is 6.60. The molecule has 0 saturated carbocycles. The lowest BCUT2D eigenvalue weighted by Gasteiger charge is -2.16. The molecule has 5 heteroatoms. The average molecular weight is 271 g/mol. The number of imidazole rings is 1. The summed E-state index contributed by atoms with van der Waals surface area (Å²) in [6.07, 6.45) is 5.53. The Kier molecular flexibility index (Phi) is 4.76. The fraction of sp³-hybridized carbons (Fsp3) is 0.333. The summed E-state index contributed by atoms with van der Waals surface area (Å²) >= 11 is 0. The number of aliphatic imine (C=N–C) groups is 1. The van der Waals surface area contributed by atoms with Crippen LogP contribution in [0.3, 0.4) is 0 Å². The number of benzene rings is 1. The van der Waals surface area contributed by atoms with Gasteiger partial charge in [0.15, 0.2) is 5.96 Å². The van der Waals surface area contributed by atoms with Crippen LogP contribution in [0.15, 0.2) is 48.0 Å². The summed E-state index contributed by atoms with van der Waals surface area (Å²) < 4.78 is 2.01. The Hall–Kier alpha value is -2.30. The molecular formula is C15H21N5. The molecule has 0 radical (unpaired) electrons. The Bertz CT molecular complexity index is 557. The zero-order chi connectivity index (χ0) is 14.4. The number of rotatable bonds is 4. The minimum atomic E-state index is 0.352. The first-order chi connectivity index (χ1) is 9.70. The van der Waals surface area contributed by atoms with E-state index in [1.165, 1.54) is 5.56 Å². The predicted octanol–water partition coefficient (Wildman–Crippen LogP) is 1.95. The monoisotopic (exact) mass is 271 g/mol. The van der Waals surface area contributed by atoms with Crippen LogP contribution in [0, 0.1) is 0 Å². The number of nitrogens with one attached hydrogen (secondary N) is 2. The van der Waals surface area contributed by atoms with Gasteiger partial charge < -0.3 is 15.2 Å². The molecule has 2 N–H and O–H groups in total. The van der Waals surface area contributed by atoms with Gasteiger partial charge in [0.05, 0.1) is 12.0 Å². The summed E-state index contributed by atoms with van der Waals surface area (Å²) in [7, 11) is 1.78. The van der Waals surface area contributed by atoms with Crippen LogP contribution in [0.25, 0.3) is 5.69 Å². The van der Waals surface area contributed by atoms with E-state index in [2.05, 4.69) is 46.6 Å². The van der Waals surface area contributed by atoms with Crippen molar-refractivity contribution in [1.82, 2.24) is 20.2 Å². The Labute approximate surface area is 119 Å². The number of para-hydroxylation sites is 1. The second kappa shape index (κ2) is 6.75. The van der Waals surface area contributed by atoms with Crippen LogP contribution in [0.1, 0.15) is 19.4 Å². The van der Waals surface area contributed by atoms with Gasteiger partial charge in [0.1, 0.15) is 0 Å². The van der Waals surface area contributed by atoms with Crippen molar-refractivity contribution in [1.29, 1.82) is 0 Å². The molecule has 0 bridgehead atoms. The molecule has 1 heterocycles. The van der Waals surface area contributed by atoms with Crippen LogP contribution in [0.4, 0.5) is 0 Å². The third kappa shape index (κ3) is 3.60. The highest BCUT2D eigenvalue weighted by Crippen LogP contribution is 2.13. The molecule has 0 spiro atoms. The maximum Gasteiger partial charge on any atom is 0.191 e. The number of hydrogen-bond acceptors (Lipinski definition) is 2. The van der Waals surface area contributed by atoms with Crippen LogP contribution < -0.4 is 10.6 Å². The Morgan fingerprint density at radius 2 is 2.15 bits per heavy atom. The topological polar surface area (TPSA) is 54.2 Å². The molecule has 0 aliphatic heterocycles. The zero-order valence-electron chi connectivity index (χ0n) is 12.2. The molecule has 5 nitrogen and oxygen atoms in total. The van der Waals surface area contributed by atoms with Crippen LogP contribution >= 0.6 is 0 Å². The molecule has 0 atom stereocenters. The lowest BCUT2D eigenvalue weighted by molar-refractivity contribution is 0.698. The highest BCUT2D eigenvalue weighted by molar-refractivity contribution is 5.79. The van der Waals surface area contributed by atoms with Crippen molar-refractivity contribution in [3.8, 4) is 5.69 Å². The van der Waals surface area contributed by atoms with Crippen LogP contribution in [0.2, 0.25) is 0 Å². The van der Waals surface area contributed by atoms with E-state index in [9.17, 15) is 0 Å². The highest BCUT2D eigenvalue weighted by atomic mass is 15.2. The van der Waals surface area contributed by atoms with Crippen LogP contribution in [-0.2, 0) is 6.54 Å². The fourth-order valence-corrected chi connectivity index (χ4v) is 1.96. The number of hydrogen-bond donors (Lipinski definition) is 2. The van der Waals surface area contributed by atoms with Crippen LogP contribution in [-0.4, -0.2) is 28.6 Å². The quantitative estimate of drug-likeness (QED) is 0.660. The van der Waals surface area contributed by atoms with Crippen molar-refractivity contribution in [2.45, 2.75) is 26.4 Å². The van der Waals surface area contributed by atoms with Gasteiger partial charge in [-0.1, -0.05) is 18.2 Å². The molecule has 0 amide bonds. The minimum Gasteiger partial charge on any atom is -0.354 e. The molecule has 1 aromatic carbocycles. The van der Waals surface area contributed by atoms with Crippen molar-refractivity contribution in [3.05, 3.63) is 48.5 Å². The van der Waals surface area contributed by atoms with E-state index in [0.29, 0.717) is 12.6 Å². The van der Waals surface area contributed by atoms with E-state index in [-0.39, 0.29) is 0 Å². The van der Waals surface area contributed by atoms with Crippen molar-refractivity contribution >= 4 is 5.96 Å². The Balaban J connectivity index is 2.10. The van der Waals surface area contributed by atoms with E-state index in [0.717, 1.165) is 11.6 Å². The normalized spacial score (nSPS) is 11.7.